The van der Waals surface area contributed by atoms with Crippen LogP contribution in [0.5, 0.6) is 0 Å². The Morgan fingerprint density at radius 2 is 1.81 bits per heavy atom. The number of benzene rings is 2. The molecule has 1 aliphatic rings. The van der Waals surface area contributed by atoms with Crippen LogP contribution in [0.2, 0.25) is 0 Å². The number of amides is 3. The van der Waals surface area contributed by atoms with Crippen LogP contribution in [-0.2, 0) is 11.3 Å². The molecule has 8 nitrogen and oxygen atoms in total. The summed E-state index contributed by atoms with van der Waals surface area (Å²) in [6.45, 7) is 1.59. The molecule has 0 aliphatic heterocycles. The van der Waals surface area contributed by atoms with Gasteiger partial charge in [-0.15, -0.1) is 0 Å². The summed E-state index contributed by atoms with van der Waals surface area (Å²) in [5.41, 5.74) is 6.84. The third-order valence-corrected chi connectivity index (χ3v) is 7.13. The first-order chi connectivity index (χ1) is 17.7. The fraction of sp³-hybridized carbons (Fsp3) is 0.308. The zero-order valence-electron chi connectivity index (χ0n) is 20.2. The summed E-state index contributed by atoms with van der Waals surface area (Å²) >= 11 is 0.750. The van der Waals surface area contributed by atoms with Gasteiger partial charge in [-0.1, -0.05) is 31.0 Å². The number of nitrogens with one attached hydrogen (secondary N) is 2. The molecule has 1 aliphatic carbocycles. The van der Waals surface area contributed by atoms with Crippen molar-refractivity contribution >= 4 is 40.6 Å². The van der Waals surface area contributed by atoms with Gasteiger partial charge in [-0.25, -0.2) is 8.78 Å². The number of hydrogen-bond donors (Lipinski definition) is 3. The molecule has 2 aromatic carbocycles. The molecule has 194 valence electrons. The zero-order chi connectivity index (χ0) is 26.5. The molecule has 4 rings (SSSR count). The van der Waals surface area contributed by atoms with E-state index < -0.39 is 35.4 Å². The predicted molar refractivity (Wildman–Crippen MR) is 137 cm³/mol. The minimum absolute atomic E-state index is 0.0287. The Bertz CT molecular complexity index is 1290. The lowest BCUT2D eigenvalue weighted by molar-refractivity contribution is -0.122. The highest BCUT2D eigenvalue weighted by molar-refractivity contribution is 7.09. The van der Waals surface area contributed by atoms with Crippen molar-refractivity contribution in [2.24, 2.45) is 0 Å². The first kappa shape index (κ1) is 26.2. The van der Waals surface area contributed by atoms with Crippen LogP contribution >= 0.6 is 11.5 Å². The van der Waals surface area contributed by atoms with Gasteiger partial charge in [0, 0.05) is 18.3 Å². The summed E-state index contributed by atoms with van der Waals surface area (Å²) < 4.78 is 31.4. The lowest BCUT2D eigenvalue weighted by Gasteiger charge is -2.28. The molecule has 0 spiro atoms. The smallest absolute Gasteiger partial charge is 0.273 e. The van der Waals surface area contributed by atoms with Crippen molar-refractivity contribution < 1.29 is 23.2 Å². The Kier molecular flexibility index (Phi) is 8.12. The molecule has 0 radical (unpaired) electrons. The first-order valence-corrected chi connectivity index (χ1v) is 12.7. The second-order valence-electron chi connectivity index (χ2n) is 8.90. The highest BCUT2D eigenvalue weighted by atomic mass is 32.1. The summed E-state index contributed by atoms with van der Waals surface area (Å²) in [6.07, 6.45) is 3.81. The van der Waals surface area contributed by atoms with E-state index >= 15 is 0 Å². The molecular weight excluding hydrogens is 500 g/mol. The van der Waals surface area contributed by atoms with Crippen molar-refractivity contribution in [3.63, 3.8) is 0 Å². The van der Waals surface area contributed by atoms with Crippen molar-refractivity contribution in [2.45, 2.75) is 51.2 Å². The molecule has 1 heterocycles. The standard InChI is InChI=1S/C26H27F2N5O3S/c1-15(24(34)30-14-16-9-11-17(27)12-10-16)33(20-8-4-5-18(28)13-20)26(36)23-21(29)22(32-37-23)25(35)31-19-6-2-3-7-19/h4-5,8-13,15,19H,2-3,6-7,14,29H2,1H3,(H,30,34)(H,31,35)/t15-/m0/s1. The lowest BCUT2D eigenvalue weighted by atomic mass is 10.1. The van der Waals surface area contributed by atoms with E-state index in [-0.39, 0.29) is 34.5 Å². The number of hydrogen-bond acceptors (Lipinski definition) is 6. The minimum atomic E-state index is -1.08. The zero-order valence-corrected chi connectivity index (χ0v) is 21.0. The number of nitrogens with two attached hydrogens (primary N) is 1. The Hall–Kier alpha value is -3.86. The van der Waals surface area contributed by atoms with Crippen molar-refractivity contribution in [3.05, 3.63) is 76.3 Å². The number of carbonyl (C=O) groups is 3. The average Bonchev–Trinajstić information content (AvgIpc) is 3.53. The maximum Gasteiger partial charge on any atom is 0.273 e. The number of carbonyl (C=O) groups excluding carboxylic acids is 3. The molecule has 0 unspecified atom stereocenters. The first-order valence-electron chi connectivity index (χ1n) is 11.9. The Labute approximate surface area is 217 Å². The number of aromatic nitrogens is 1. The van der Waals surface area contributed by atoms with Gasteiger partial charge in [-0.2, -0.15) is 4.37 Å². The van der Waals surface area contributed by atoms with E-state index in [1.807, 2.05) is 0 Å². The maximum absolute atomic E-state index is 14.1. The summed E-state index contributed by atoms with van der Waals surface area (Å²) in [7, 11) is 0. The topological polar surface area (TPSA) is 117 Å². The summed E-state index contributed by atoms with van der Waals surface area (Å²) in [5.74, 6) is -2.66. The molecule has 0 saturated heterocycles. The maximum atomic E-state index is 14.1. The Morgan fingerprint density at radius 1 is 1.11 bits per heavy atom. The largest absolute Gasteiger partial charge is 0.395 e. The second kappa shape index (κ2) is 11.5. The monoisotopic (exact) mass is 527 g/mol. The lowest BCUT2D eigenvalue weighted by Crippen LogP contribution is -2.48. The summed E-state index contributed by atoms with van der Waals surface area (Å²) in [4.78, 5) is 40.5. The molecular formula is C26H27F2N5O3S. The number of rotatable bonds is 8. The van der Waals surface area contributed by atoms with Gasteiger partial charge >= 0.3 is 0 Å². The molecule has 1 aromatic heterocycles. The van der Waals surface area contributed by atoms with E-state index in [9.17, 15) is 23.2 Å². The minimum Gasteiger partial charge on any atom is -0.395 e. The van der Waals surface area contributed by atoms with E-state index in [0.717, 1.165) is 48.2 Å². The summed E-state index contributed by atoms with van der Waals surface area (Å²) in [6, 6.07) is 9.86. The van der Waals surface area contributed by atoms with Crippen LogP contribution in [0.15, 0.2) is 48.5 Å². The molecule has 37 heavy (non-hydrogen) atoms. The predicted octanol–water partition coefficient (Wildman–Crippen LogP) is 4.03. The molecule has 1 atom stereocenters. The van der Waals surface area contributed by atoms with E-state index in [0.29, 0.717) is 5.56 Å². The van der Waals surface area contributed by atoms with E-state index in [1.165, 1.54) is 49.4 Å². The van der Waals surface area contributed by atoms with Crippen molar-refractivity contribution in [1.82, 2.24) is 15.0 Å². The van der Waals surface area contributed by atoms with Crippen LogP contribution in [0.25, 0.3) is 0 Å². The third-order valence-electron chi connectivity index (χ3n) is 6.28. The highest BCUT2D eigenvalue weighted by Gasteiger charge is 2.33. The third kappa shape index (κ3) is 6.11. The highest BCUT2D eigenvalue weighted by Crippen LogP contribution is 2.29. The Morgan fingerprint density at radius 3 is 2.49 bits per heavy atom. The van der Waals surface area contributed by atoms with Crippen LogP contribution in [0, 0.1) is 11.6 Å². The number of halogens is 2. The Balaban J connectivity index is 1.57. The van der Waals surface area contributed by atoms with Crippen LogP contribution in [0.4, 0.5) is 20.2 Å². The van der Waals surface area contributed by atoms with Crippen molar-refractivity contribution in [2.75, 3.05) is 10.6 Å². The molecule has 11 heteroatoms. The van der Waals surface area contributed by atoms with Gasteiger partial charge in [0.2, 0.25) is 5.91 Å². The summed E-state index contributed by atoms with van der Waals surface area (Å²) in [5, 5.41) is 5.61. The SMILES string of the molecule is C[C@@H](C(=O)NCc1ccc(F)cc1)N(C(=O)c1snc(C(=O)NC2CCCC2)c1N)c1cccc(F)c1. The van der Waals surface area contributed by atoms with Gasteiger partial charge < -0.3 is 16.4 Å². The van der Waals surface area contributed by atoms with Crippen LogP contribution in [-0.4, -0.2) is 34.2 Å². The fourth-order valence-corrected chi connectivity index (χ4v) is 4.98. The molecule has 3 amide bonds. The van der Waals surface area contributed by atoms with Gasteiger partial charge in [0.1, 0.15) is 22.6 Å². The molecule has 1 saturated carbocycles. The second-order valence-corrected chi connectivity index (χ2v) is 9.68. The molecule has 1 fully saturated rings. The van der Waals surface area contributed by atoms with Crippen molar-refractivity contribution in [3.8, 4) is 0 Å². The molecule has 4 N–H and O–H groups in total. The van der Waals surface area contributed by atoms with E-state index in [1.54, 1.807) is 0 Å². The number of nitrogens with zero attached hydrogens (tertiary/aromatic N) is 2. The molecule has 0 bridgehead atoms. The van der Waals surface area contributed by atoms with Gasteiger partial charge in [0.15, 0.2) is 5.69 Å². The van der Waals surface area contributed by atoms with Gasteiger partial charge in [0.25, 0.3) is 11.8 Å². The normalized spacial score (nSPS) is 14.2. The van der Waals surface area contributed by atoms with Crippen LogP contribution in [0.3, 0.4) is 0 Å². The number of nitrogen functional groups attached to an aromatic ring is 1. The van der Waals surface area contributed by atoms with Gasteiger partial charge in [-0.05, 0) is 67.2 Å². The quantitative estimate of drug-likeness (QED) is 0.409. The van der Waals surface area contributed by atoms with Crippen LogP contribution < -0.4 is 21.3 Å². The van der Waals surface area contributed by atoms with Gasteiger partial charge in [0.05, 0.1) is 5.69 Å². The van der Waals surface area contributed by atoms with Gasteiger partial charge in [-0.3, -0.25) is 19.3 Å². The van der Waals surface area contributed by atoms with Crippen LogP contribution in [0.1, 0.15) is 58.3 Å². The van der Waals surface area contributed by atoms with E-state index in [2.05, 4.69) is 15.0 Å². The molecule has 3 aromatic rings. The van der Waals surface area contributed by atoms with E-state index in [4.69, 9.17) is 5.73 Å². The average molecular weight is 528 g/mol. The number of anilines is 2. The van der Waals surface area contributed by atoms with Crippen molar-refractivity contribution in [1.29, 1.82) is 0 Å². The fourth-order valence-electron chi connectivity index (χ4n) is 4.25.